The second-order valence-electron chi connectivity index (χ2n) is 7.02. The molecule has 0 radical (unpaired) electrons. The molecular formula is C17H31N5O. The Morgan fingerprint density at radius 1 is 0.957 bits per heavy atom. The van der Waals surface area contributed by atoms with Crippen LogP contribution < -0.4 is 5.32 Å². The van der Waals surface area contributed by atoms with Gasteiger partial charge < -0.3 is 15.1 Å². The minimum Gasteiger partial charge on any atom is -0.354 e. The molecule has 0 aromatic heterocycles. The van der Waals surface area contributed by atoms with Crippen molar-refractivity contribution in [2.75, 3.05) is 52.9 Å². The number of nitrogens with one attached hydrogen (secondary N) is 1. The molecule has 2 saturated heterocycles. The summed E-state index contributed by atoms with van der Waals surface area (Å²) >= 11 is 0. The molecule has 3 rings (SSSR count). The van der Waals surface area contributed by atoms with Gasteiger partial charge in [-0.25, -0.2) is 0 Å². The van der Waals surface area contributed by atoms with Gasteiger partial charge in [-0.15, -0.1) is 0 Å². The molecule has 1 aliphatic carbocycles. The van der Waals surface area contributed by atoms with E-state index in [4.69, 9.17) is 0 Å². The largest absolute Gasteiger partial charge is 0.354 e. The van der Waals surface area contributed by atoms with Crippen LogP contribution in [0.5, 0.6) is 0 Å². The van der Waals surface area contributed by atoms with E-state index in [-0.39, 0.29) is 0 Å². The predicted octanol–water partition coefficient (Wildman–Crippen LogP) is 0.744. The first kappa shape index (κ1) is 16.6. The molecule has 130 valence electrons. The van der Waals surface area contributed by atoms with Crippen molar-refractivity contribution in [3.05, 3.63) is 0 Å². The third-order valence-corrected chi connectivity index (χ3v) is 5.39. The number of likely N-dealkylation sites (tertiary alicyclic amines) is 1. The Hall–Kier alpha value is -1.30. The van der Waals surface area contributed by atoms with Gasteiger partial charge in [0.1, 0.15) is 0 Å². The van der Waals surface area contributed by atoms with Gasteiger partial charge in [0.15, 0.2) is 5.96 Å². The molecule has 23 heavy (non-hydrogen) atoms. The number of carbonyl (C=O) groups excluding carboxylic acids is 1. The van der Waals surface area contributed by atoms with Crippen LogP contribution in [0.25, 0.3) is 0 Å². The Kier molecular flexibility index (Phi) is 5.75. The monoisotopic (exact) mass is 321 g/mol. The lowest BCUT2D eigenvalue weighted by Crippen LogP contribution is -2.56. The number of rotatable bonds is 3. The maximum absolute atomic E-state index is 12.4. The highest BCUT2D eigenvalue weighted by Gasteiger charge is 2.26. The number of piperidine rings is 1. The minimum absolute atomic E-state index is 0.315. The van der Waals surface area contributed by atoms with Crippen LogP contribution in [-0.2, 0) is 4.79 Å². The topological polar surface area (TPSA) is 51.2 Å². The molecule has 1 saturated carbocycles. The van der Waals surface area contributed by atoms with Crippen molar-refractivity contribution >= 4 is 11.9 Å². The van der Waals surface area contributed by atoms with Crippen molar-refractivity contribution in [2.45, 2.75) is 44.6 Å². The molecule has 3 fully saturated rings. The highest BCUT2D eigenvalue weighted by atomic mass is 16.2. The third-order valence-electron chi connectivity index (χ3n) is 5.39. The average molecular weight is 321 g/mol. The second kappa shape index (κ2) is 7.99. The molecule has 0 unspecified atom stereocenters. The second-order valence-corrected chi connectivity index (χ2v) is 7.02. The first-order valence-electron chi connectivity index (χ1n) is 9.24. The Balaban J connectivity index is 1.41. The van der Waals surface area contributed by atoms with E-state index >= 15 is 0 Å². The van der Waals surface area contributed by atoms with Crippen LogP contribution in [0.2, 0.25) is 0 Å². The molecule has 0 bridgehead atoms. The predicted molar refractivity (Wildman–Crippen MR) is 92.6 cm³/mol. The summed E-state index contributed by atoms with van der Waals surface area (Å²) < 4.78 is 0. The number of hydrogen-bond acceptors (Lipinski definition) is 3. The lowest BCUT2D eigenvalue weighted by molar-refractivity contribution is -0.133. The van der Waals surface area contributed by atoms with E-state index in [1.807, 2.05) is 11.9 Å². The molecule has 1 amide bonds. The van der Waals surface area contributed by atoms with Crippen molar-refractivity contribution in [3.8, 4) is 0 Å². The number of guanidine groups is 1. The smallest absolute Gasteiger partial charge is 0.236 e. The number of amides is 1. The maximum Gasteiger partial charge on any atom is 0.236 e. The summed E-state index contributed by atoms with van der Waals surface area (Å²) in [4.78, 5) is 23.5. The van der Waals surface area contributed by atoms with Crippen LogP contribution in [-0.4, -0.2) is 85.5 Å². The molecule has 0 aromatic carbocycles. The zero-order chi connectivity index (χ0) is 16.1. The highest BCUT2D eigenvalue weighted by Crippen LogP contribution is 2.18. The number of hydrogen-bond donors (Lipinski definition) is 1. The fourth-order valence-electron chi connectivity index (χ4n) is 3.58. The zero-order valence-electron chi connectivity index (χ0n) is 14.5. The maximum atomic E-state index is 12.4. The fraction of sp³-hybridized carbons (Fsp3) is 0.882. The van der Waals surface area contributed by atoms with Gasteiger partial charge in [-0.05, 0) is 38.5 Å². The van der Waals surface area contributed by atoms with Crippen LogP contribution in [0.3, 0.4) is 0 Å². The Morgan fingerprint density at radius 2 is 1.65 bits per heavy atom. The van der Waals surface area contributed by atoms with Crippen LogP contribution in [0.1, 0.15) is 38.5 Å². The van der Waals surface area contributed by atoms with Crippen LogP contribution >= 0.6 is 0 Å². The molecule has 1 N–H and O–H groups in total. The van der Waals surface area contributed by atoms with Gasteiger partial charge in [-0.1, -0.05) is 0 Å². The standard InChI is InChI=1S/C17H31N5O/c1-18-17(19-15-6-5-7-15)22-12-10-20(11-13-22)14-16(23)21-8-3-2-4-9-21/h15H,2-14H2,1H3,(H,18,19). The molecule has 3 aliphatic rings. The summed E-state index contributed by atoms with van der Waals surface area (Å²) in [7, 11) is 1.87. The van der Waals surface area contributed by atoms with Gasteiger partial charge >= 0.3 is 0 Å². The Morgan fingerprint density at radius 3 is 2.22 bits per heavy atom. The van der Waals surface area contributed by atoms with Crippen LogP contribution in [0, 0.1) is 0 Å². The normalized spacial score (nSPS) is 24.5. The fourth-order valence-corrected chi connectivity index (χ4v) is 3.58. The molecule has 6 heteroatoms. The summed E-state index contributed by atoms with van der Waals surface area (Å²) in [5.41, 5.74) is 0. The summed E-state index contributed by atoms with van der Waals surface area (Å²) in [6, 6.07) is 0.618. The van der Waals surface area contributed by atoms with Crippen LogP contribution in [0.4, 0.5) is 0 Å². The van der Waals surface area contributed by atoms with Gasteiger partial charge in [-0.2, -0.15) is 0 Å². The minimum atomic E-state index is 0.315. The van der Waals surface area contributed by atoms with E-state index in [0.29, 0.717) is 18.5 Å². The molecule has 2 aliphatic heterocycles. The Bertz CT molecular complexity index is 421. The van der Waals surface area contributed by atoms with Crippen molar-refractivity contribution in [2.24, 2.45) is 4.99 Å². The van der Waals surface area contributed by atoms with E-state index in [9.17, 15) is 4.79 Å². The molecule has 0 aromatic rings. The molecule has 0 atom stereocenters. The van der Waals surface area contributed by atoms with Crippen molar-refractivity contribution < 1.29 is 4.79 Å². The van der Waals surface area contributed by atoms with Gasteiger partial charge in [0, 0.05) is 52.4 Å². The van der Waals surface area contributed by atoms with Crippen molar-refractivity contribution in [1.82, 2.24) is 20.0 Å². The number of aliphatic imine (C=N–C) groups is 1. The molecular weight excluding hydrogens is 290 g/mol. The van der Waals surface area contributed by atoms with Crippen molar-refractivity contribution in [1.29, 1.82) is 0 Å². The Labute approximate surface area is 139 Å². The number of piperazine rings is 1. The molecule has 6 nitrogen and oxygen atoms in total. The SMILES string of the molecule is CN=C(NC1CCC1)N1CCN(CC(=O)N2CCCCC2)CC1. The summed E-state index contributed by atoms with van der Waals surface area (Å²) in [5.74, 6) is 1.35. The first-order valence-corrected chi connectivity index (χ1v) is 9.24. The summed E-state index contributed by atoms with van der Waals surface area (Å²) in [6.07, 6.45) is 7.48. The lowest BCUT2D eigenvalue weighted by atomic mass is 9.93. The molecule has 2 heterocycles. The van der Waals surface area contributed by atoms with E-state index in [0.717, 1.165) is 45.2 Å². The van der Waals surface area contributed by atoms with Crippen LogP contribution in [0.15, 0.2) is 4.99 Å². The quantitative estimate of drug-likeness (QED) is 0.615. The summed E-state index contributed by atoms with van der Waals surface area (Å²) in [5, 5.41) is 3.56. The van der Waals surface area contributed by atoms with E-state index in [1.165, 1.54) is 38.5 Å². The van der Waals surface area contributed by atoms with Gasteiger partial charge in [0.25, 0.3) is 0 Å². The van der Waals surface area contributed by atoms with E-state index < -0.39 is 0 Å². The lowest BCUT2D eigenvalue weighted by Gasteiger charge is -2.39. The van der Waals surface area contributed by atoms with E-state index in [2.05, 4.69) is 20.1 Å². The van der Waals surface area contributed by atoms with Crippen molar-refractivity contribution in [3.63, 3.8) is 0 Å². The van der Waals surface area contributed by atoms with Gasteiger partial charge in [-0.3, -0.25) is 14.7 Å². The first-order chi connectivity index (χ1) is 11.3. The molecule has 0 spiro atoms. The average Bonchev–Trinajstić information content (AvgIpc) is 2.56. The zero-order valence-corrected chi connectivity index (χ0v) is 14.5. The van der Waals surface area contributed by atoms with Gasteiger partial charge in [0.2, 0.25) is 5.91 Å². The highest BCUT2D eigenvalue weighted by molar-refractivity contribution is 5.80. The van der Waals surface area contributed by atoms with Gasteiger partial charge in [0.05, 0.1) is 6.54 Å². The van der Waals surface area contributed by atoms with E-state index in [1.54, 1.807) is 0 Å². The number of nitrogens with zero attached hydrogens (tertiary/aromatic N) is 4. The summed E-state index contributed by atoms with van der Waals surface area (Å²) in [6.45, 7) is 6.31. The third kappa shape index (κ3) is 4.37. The number of carbonyl (C=O) groups is 1.